The van der Waals surface area contributed by atoms with Crippen LogP contribution in [0.4, 0.5) is 0 Å². The first-order chi connectivity index (χ1) is 8.97. The molecule has 0 N–H and O–H groups in total. The van der Waals surface area contributed by atoms with E-state index in [0.717, 1.165) is 11.4 Å². The minimum absolute atomic E-state index is 0.139. The maximum atomic E-state index is 12.3. The Kier molecular flexibility index (Phi) is 5.01. The summed E-state index contributed by atoms with van der Waals surface area (Å²) >= 11 is 3.75. The van der Waals surface area contributed by atoms with Crippen molar-refractivity contribution in [1.29, 1.82) is 0 Å². The summed E-state index contributed by atoms with van der Waals surface area (Å²) < 4.78 is 1.91. The van der Waals surface area contributed by atoms with Gasteiger partial charge in [-0.15, -0.1) is 11.8 Å². The molecule has 0 spiro atoms. The Balaban J connectivity index is 1.93. The van der Waals surface area contributed by atoms with Crippen molar-refractivity contribution in [2.45, 2.75) is 55.9 Å². The number of hydrogen-bond acceptors (Lipinski definition) is 4. The Labute approximate surface area is 123 Å². The molecule has 2 rings (SSSR count). The van der Waals surface area contributed by atoms with Crippen LogP contribution in [-0.2, 0) is 11.2 Å². The Morgan fingerprint density at radius 3 is 2.79 bits per heavy atom. The standard InChI is InChI=1S/C14H22N2OS2/c1-9(2)16-6-5-12(15-16)7-13(17)14-8-18-10(3)11(4)19-14/h5-6,9-11,14H,7-8H2,1-4H3. The fourth-order valence-corrected chi connectivity index (χ4v) is 4.89. The molecule has 1 saturated heterocycles. The summed E-state index contributed by atoms with van der Waals surface area (Å²) in [5.41, 5.74) is 0.899. The molecule has 3 atom stereocenters. The Morgan fingerprint density at radius 1 is 1.47 bits per heavy atom. The number of ketones is 1. The summed E-state index contributed by atoms with van der Waals surface area (Å²) in [6, 6.07) is 2.31. The second-order valence-electron chi connectivity index (χ2n) is 5.39. The molecule has 3 unspecified atom stereocenters. The van der Waals surface area contributed by atoms with Crippen LogP contribution in [0.1, 0.15) is 39.4 Å². The van der Waals surface area contributed by atoms with Crippen LogP contribution in [0.5, 0.6) is 0 Å². The van der Waals surface area contributed by atoms with Gasteiger partial charge in [-0.1, -0.05) is 13.8 Å². The highest BCUT2D eigenvalue weighted by Crippen LogP contribution is 2.36. The third kappa shape index (κ3) is 3.78. The quantitative estimate of drug-likeness (QED) is 0.855. The zero-order valence-corrected chi connectivity index (χ0v) is 13.6. The first kappa shape index (κ1) is 15.0. The van der Waals surface area contributed by atoms with E-state index >= 15 is 0 Å². The van der Waals surface area contributed by atoms with Crippen LogP contribution in [-0.4, -0.2) is 37.1 Å². The molecule has 0 amide bonds. The van der Waals surface area contributed by atoms with E-state index in [-0.39, 0.29) is 5.25 Å². The van der Waals surface area contributed by atoms with Gasteiger partial charge in [0.25, 0.3) is 0 Å². The Morgan fingerprint density at radius 2 is 2.21 bits per heavy atom. The second kappa shape index (κ2) is 6.35. The molecule has 3 nitrogen and oxygen atoms in total. The number of rotatable bonds is 4. The smallest absolute Gasteiger partial charge is 0.152 e. The van der Waals surface area contributed by atoms with Crippen LogP contribution in [0.3, 0.4) is 0 Å². The molecule has 1 aliphatic heterocycles. The summed E-state index contributed by atoms with van der Waals surface area (Å²) in [5.74, 6) is 1.27. The third-order valence-electron chi connectivity index (χ3n) is 3.46. The van der Waals surface area contributed by atoms with Gasteiger partial charge in [0.05, 0.1) is 17.4 Å². The van der Waals surface area contributed by atoms with E-state index < -0.39 is 0 Å². The van der Waals surface area contributed by atoms with Gasteiger partial charge < -0.3 is 0 Å². The number of thioether (sulfide) groups is 2. The van der Waals surface area contributed by atoms with Gasteiger partial charge in [-0.2, -0.15) is 16.9 Å². The molecule has 1 aromatic heterocycles. The van der Waals surface area contributed by atoms with Gasteiger partial charge in [-0.25, -0.2) is 0 Å². The molecule has 0 radical (unpaired) electrons. The van der Waals surface area contributed by atoms with Gasteiger partial charge >= 0.3 is 0 Å². The van der Waals surface area contributed by atoms with Gasteiger partial charge in [-0.05, 0) is 19.9 Å². The average Bonchev–Trinajstić information content (AvgIpc) is 2.81. The predicted molar refractivity (Wildman–Crippen MR) is 84.1 cm³/mol. The molecule has 2 heterocycles. The van der Waals surface area contributed by atoms with E-state index in [9.17, 15) is 4.79 Å². The Bertz CT molecular complexity index is 444. The molecular formula is C14H22N2OS2. The molecule has 1 aliphatic rings. The van der Waals surface area contributed by atoms with Crippen molar-refractivity contribution in [3.8, 4) is 0 Å². The molecule has 0 saturated carbocycles. The van der Waals surface area contributed by atoms with E-state index in [4.69, 9.17) is 0 Å². The zero-order chi connectivity index (χ0) is 14.0. The van der Waals surface area contributed by atoms with Crippen molar-refractivity contribution in [3.05, 3.63) is 18.0 Å². The highest BCUT2D eigenvalue weighted by Gasteiger charge is 2.30. The first-order valence-electron chi connectivity index (χ1n) is 6.81. The lowest BCUT2D eigenvalue weighted by Crippen LogP contribution is -2.32. The highest BCUT2D eigenvalue weighted by molar-refractivity contribution is 8.08. The molecule has 0 bridgehead atoms. The summed E-state index contributed by atoms with van der Waals surface area (Å²) in [7, 11) is 0. The molecule has 5 heteroatoms. The van der Waals surface area contributed by atoms with Crippen molar-refractivity contribution >= 4 is 29.3 Å². The van der Waals surface area contributed by atoms with Crippen LogP contribution in [0.25, 0.3) is 0 Å². The largest absolute Gasteiger partial charge is 0.298 e. The van der Waals surface area contributed by atoms with Crippen LogP contribution in [0.2, 0.25) is 0 Å². The fourth-order valence-electron chi connectivity index (χ4n) is 2.00. The molecule has 1 aromatic rings. The summed E-state index contributed by atoms with van der Waals surface area (Å²) in [5, 5.41) is 5.80. The maximum absolute atomic E-state index is 12.3. The van der Waals surface area contributed by atoms with Crippen LogP contribution >= 0.6 is 23.5 Å². The lowest BCUT2D eigenvalue weighted by molar-refractivity contribution is -0.117. The summed E-state index contributed by atoms with van der Waals surface area (Å²) in [4.78, 5) is 12.3. The highest BCUT2D eigenvalue weighted by atomic mass is 32.2. The minimum atomic E-state index is 0.139. The first-order valence-corrected chi connectivity index (χ1v) is 8.80. The van der Waals surface area contributed by atoms with Gasteiger partial charge in [0.15, 0.2) is 5.78 Å². The monoisotopic (exact) mass is 298 g/mol. The van der Waals surface area contributed by atoms with Crippen molar-refractivity contribution in [1.82, 2.24) is 9.78 Å². The summed E-state index contributed by atoms with van der Waals surface area (Å²) in [6.07, 6.45) is 2.43. The van der Waals surface area contributed by atoms with Crippen LogP contribution < -0.4 is 0 Å². The van der Waals surface area contributed by atoms with E-state index in [0.29, 0.717) is 28.7 Å². The topological polar surface area (TPSA) is 34.9 Å². The molecule has 0 aromatic carbocycles. The normalized spacial score (nSPS) is 27.7. The molecule has 0 aliphatic carbocycles. The number of hydrogen-bond donors (Lipinski definition) is 0. The number of aromatic nitrogens is 2. The van der Waals surface area contributed by atoms with Crippen LogP contribution in [0, 0.1) is 0 Å². The second-order valence-corrected chi connectivity index (χ2v) is 8.39. The molecule has 106 valence electrons. The van der Waals surface area contributed by atoms with E-state index in [1.807, 2.05) is 40.5 Å². The number of carbonyl (C=O) groups excluding carboxylic acids is 1. The number of Topliss-reactive ketones (excluding diaryl/α,β-unsaturated/α-hetero) is 1. The van der Waals surface area contributed by atoms with Crippen molar-refractivity contribution in [3.63, 3.8) is 0 Å². The van der Waals surface area contributed by atoms with E-state index in [1.54, 1.807) is 0 Å². The van der Waals surface area contributed by atoms with Gasteiger partial charge in [0.1, 0.15) is 0 Å². The van der Waals surface area contributed by atoms with Crippen molar-refractivity contribution < 1.29 is 4.79 Å². The lowest BCUT2D eigenvalue weighted by atomic mass is 10.2. The van der Waals surface area contributed by atoms with E-state index in [2.05, 4.69) is 32.8 Å². The van der Waals surface area contributed by atoms with Crippen molar-refractivity contribution in [2.24, 2.45) is 0 Å². The fraction of sp³-hybridized carbons (Fsp3) is 0.714. The number of carbonyl (C=O) groups is 1. The number of nitrogens with zero attached hydrogens (tertiary/aromatic N) is 2. The van der Waals surface area contributed by atoms with Gasteiger partial charge in [0.2, 0.25) is 0 Å². The van der Waals surface area contributed by atoms with Gasteiger partial charge in [0, 0.05) is 28.5 Å². The zero-order valence-electron chi connectivity index (χ0n) is 12.0. The SMILES string of the molecule is CC1SCC(C(=O)Cc2ccn(C(C)C)n2)SC1C. The predicted octanol–water partition coefficient (Wildman–Crippen LogP) is 3.20. The maximum Gasteiger partial charge on any atom is 0.152 e. The van der Waals surface area contributed by atoms with E-state index in [1.165, 1.54) is 0 Å². The lowest BCUT2D eigenvalue weighted by Gasteiger charge is -2.30. The van der Waals surface area contributed by atoms with Crippen LogP contribution in [0.15, 0.2) is 12.3 Å². The Hall–Kier alpha value is -0.420. The molecule has 1 fully saturated rings. The summed E-state index contributed by atoms with van der Waals surface area (Å²) in [6.45, 7) is 8.65. The average molecular weight is 298 g/mol. The molecule has 19 heavy (non-hydrogen) atoms. The van der Waals surface area contributed by atoms with Gasteiger partial charge in [-0.3, -0.25) is 9.48 Å². The van der Waals surface area contributed by atoms with Crippen molar-refractivity contribution in [2.75, 3.05) is 5.75 Å². The minimum Gasteiger partial charge on any atom is -0.298 e. The third-order valence-corrected chi connectivity index (χ3v) is 6.90. The molecular weight excluding hydrogens is 276 g/mol.